The Morgan fingerprint density at radius 1 is 1.21 bits per heavy atom. The van der Waals surface area contributed by atoms with Gasteiger partial charge in [0, 0.05) is 25.0 Å². The molecule has 1 aliphatic rings. The minimum atomic E-state index is -0.264. The number of carbonyl (C=O) groups is 1. The Morgan fingerprint density at radius 3 is 2.75 bits per heavy atom. The van der Waals surface area contributed by atoms with E-state index < -0.39 is 0 Å². The van der Waals surface area contributed by atoms with Crippen LogP contribution in [0.1, 0.15) is 34.6 Å². The molecule has 6 heteroatoms. The molecule has 2 aromatic heterocycles. The zero-order valence-corrected chi connectivity index (χ0v) is 16.1. The topological polar surface area (TPSA) is 64.4 Å². The average Bonchev–Trinajstić information content (AvgIpc) is 2.74. The number of rotatable bonds is 3. The molecule has 0 bridgehead atoms. The predicted molar refractivity (Wildman–Crippen MR) is 107 cm³/mol. The highest BCUT2D eigenvalue weighted by atomic mass is 16.5. The van der Waals surface area contributed by atoms with Gasteiger partial charge in [0.2, 0.25) is 5.43 Å². The third kappa shape index (κ3) is 3.31. The Kier molecular flexibility index (Phi) is 4.96. The van der Waals surface area contributed by atoms with Gasteiger partial charge in [-0.25, -0.2) is 4.98 Å². The van der Waals surface area contributed by atoms with Crippen molar-refractivity contribution in [3.05, 3.63) is 75.7 Å². The molecule has 1 amide bonds. The number of carbonyl (C=O) groups excluding carboxylic acids is 1. The third-order valence-electron chi connectivity index (χ3n) is 5.16. The molecule has 1 aliphatic heterocycles. The van der Waals surface area contributed by atoms with Crippen LogP contribution in [0.15, 0.2) is 53.5 Å². The standard InChI is InChI=1S/C22H23N3O3/c1-3-24-13-18(20(26)17-10-9-15(2)23-21(17)24)22(27)25-11-12-28-19(14-25)16-7-5-4-6-8-16/h4-10,13,19H,3,11-12,14H2,1-2H3/t19-/m0/s1. The van der Waals surface area contributed by atoms with Crippen LogP contribution >= 0.6 is 0 Å². The summed E-state index contributed by atoms with van der Waals surface area (Å²) in [5.74, 6) is -0.251. The Hall–Kier alpha value is -2.99. The zero-order chi connectivity index (χ0) is 19.7. The van der Waals surface area contributed by atoms with Crippen molar-refractivity contribution in [2.24, 2.45) is 0 Å². The summed E-state index contributed by atoms with van der Waals surface area (Å²) in [7, 11) is 0. The fourth-order valence-corrected chi connectivity index (χ4v) is 3.63. The fraction of sp³-hybridized carbons (Fsp3) is 0.318. The molecule has 0 unspecified atom stereocenters. The number of benzene rings is 1. The summed E-state index contributed by atoms with van der Waals surface area (Å²) in [6.45, 7) is 5.84. The first-order chi connectivity index (χ1) is 13.6. The van der Waals surface area contributed by atoms with Gasteiger partial charge in [-0.05, 0) is 31.5 Å². The first-order valence-corrected chi connectivity index (χ1v) is 9.55. The fourth-order valence-electron chi connectivity index (χ4n) is 3.63. The molecular formula is C22H23N3O3. The maximum Gasteiger partial charge on any atom is 0.259 e. The molecule has 1 fully saturated rings. The Morgan fingerprint density at radius 2 is 2.00 bits per heavy atom. The van der Waals surface area contributed by atoms with Crippen molar-refractivity contribution in [2.45, 2.75) is 26.5 Å². The zero-order valence-electron chi connectivity index (χ0n) is 16.1. The van der Waals surface area contributed by atoms with Gasteiger partial charge in [0.1, 0.15) is 17.3 Å². The largest absolute Gasteiger partial charge is 0.370 e. The van der Waals surface area contributed by atoms with Crippen molar-refractivity contribution in [2.75, 3.05) is 19.7 Å². The van der Waals surface area contributed by atoms with Gasteiger partial charge in [-0.15, -0.1) is 0 Å². The van der Waals surface area contributed by atoms with Crippen molar-refractivity contribution in [3.63, 3.8) is 0 Å². The van der Waals surface area contributed by atoms with E-state index in [1.807, 2.05) is 48.7 Å². The van der Waals surface area contributed by atoms with E-state index in [4.69, 9.17) is 4.74 Å². The smallest absolute Gasteiger partial charge is 0.259 e. The van der Waals surface area contributed by atoms with Crippen LogP contribution in [0.25, 0.3) is 11.0 Å². The van der Waals surface area contributed by atoms with E-state index in [0.29, 0.717) is 37.3 Å². The van der Waals surface area contributed by atoms with Gasteiger partial charge in [0.25, 0.3) is 5.91 Å². The van der Waals surface area contributed by atoms with Crippen molar-refractivity contribution in [1.29, 1.82) is 0 Å². The van der Waals surface area contributed by atoms with Crippen LogP contribution in [0.2, 0.25) is 0 Å². The van der Waals surface area contributed by atoms with E-state index in [-0.39, 0.29) is 23.0 Å². The van der Waals surface area contributed by atoms with Crippen LogP contribution in [0.5, 0.6) is 0 Å². The number of nitrogens with zero attached hydrogens (tertiary/aromatic N) is 3. The lowest BCUT2D eigenvalue weighted by molar-refractivity contribution is -0.0228. The van der Waals surface area contributed by atoms with E-state index in [0.717, 1.165) is 11.3 Å². The maximum atomic E-state index is 13.2. The molecule has 1 atom stereocenters. The SMILES string of the molecule is CCn1cc(C(=O)N2CCO[C@H](c3ccccc3)C2)c(=O)c2ccc(C)nc21. The molecule has 144 valence electrons. The van der Waals surface area contributed by atoms with Gasteiger partial charge in [-0.2, -0.15) is 0 Å². The number of amides is 1. The molecule has 0 saturated carbocycles. The number of ether oxygens (including phenoxy) is 1. The first-order valence-electron chi connectivity index (χ1n) is 9.55. The number of aryl methyl sites for hydroxylation is 2. The molecule has 0 radical (unpaired) electrons. The lowest BCUT2D eigenvalue weighted by Crippen LogP contribution is -2.43. The Bertz CT molecular complexity index is 1080. The molecular weight excluding hydrogens is 354 g/mol. The van der Waals surface area contributed by atoms with Crippen LogP contribution < -0.4 is 5.43 Å². The number of hydrogen-bond donors (Lipinski definition) is 0. The summed E-state index contributed by atoms with van der Waals surface area (Å²) in [6, 6.07) is 13.4. The molecule has 0 spiro atoms. The highest BCUT2D eigenvalue weighted by Crippen LogP contribution is 2.23. The number of hydrogen-bond acceptors (Lipinski definition) is 4. The van der Waals surface area contributed by atoms with E-state index in [1.54, 1.807) is 23.2 Å². The summed E-state index contributed by atoms with van der Waals surface area (Å²) >= 11 is 0. The number of pyridine rings is 2. The van der Waals surface area contributed by atoms with E-state index >= 15 is 0 Å². The quantitative estimate of drug-likeness (QED) is 0.704. The second-order valence-corrected chi connectivity index (χ2v) is 7.00. The minimum Gasteiger partial charge on any atom is -0.370 e. The van der Waals surface area contributed by atoms with Crippen LogP contribution in [0.4, 0.5) is 0 Å². The second kappa shape index (κ2) is 7.56. The van der Waals surface area contributed by atoms with Gasteiger partial charge < -0.3 is 14.2 Å². The molecule has 3 heterocycles. The van der Waals surface area contributed by atoms with Gasteiger partial charge in [-0.3, -0.25) is 9.59 Å². The molecule has 0 aliphatic carbocycles. The minimum absolute atomic E-state index is 0.183. The highest BCUT2D eigenvalue weighted by molar-refractivity contribution is 5.97. The molecule has 6 nitrogen and oxygen atoms in total. The number of morpholine rings is 1. The van der Waals surface area contributed by atoms with Gasteiger partial charge >= 0.3 is 0 Å². The monoisotopic (exact) mass is 377 g/mol. The van der Waals surface area contributed by atoms with Crippen LogP contribution in [-0.2, 0) is 11.3 Å². The number of aromatic nitrogens is 2. The third-order valence-corrected chi connectivity index (χ3v) is 5.16. The molecule has 1 saturated heterocycles. The molecule has 28 heavy (non-hydrogen) atoms. The maximum absolute atomic E-state index is 13.2. The lowest BCUT2D eigenvalue weighted by atomic mass is 10.1. The van der Waals surface area contributed by atoms with Gasteiger partial charge in [0.05, 0.1) is 18.5 Å². The highest BCUT2D eigenvalue weighted by Gasteiger charge is 2.28. The molecule has 3 aromatic rings. The van der Waals surface area contributed by atoms with Gasteiger partial charge in [0.15, 0.2) is 0 Å². The Balaban J connectivity index is 1.70. The van der Waals surface area contributed by atoms with Crippen LogP contribution in [-0.4, -0.2) is 40.1 Å². The Labute approximate surface area is 163 Å². The first kappa shape index (κ1) is 18.4. The van der Waals surface area contributed by atoms with Crippen LogP contribution in [0, 0.1) is 6.92 Å². The van der Waals surface area contributed by atoms with E-state index in [9.17, 15) is 9.59 Å². The van der Waals surface area contributed by atoms with Crippen molar-refractivity contribution in [1.82, 2.24) is 14.5 Å². The summed E-state index contributed by atoms with van der Waals surface area (Å²) in [5, 5.41) is 0.478. The van der Waals surface area contributed by atoms with E-state index in [2.05, 4.69) is 4.98 Å². The number of fused-ring (bicyclic) bond motifs is 1. The normalized spacial score (nSPS) is 17.1. The van der Waals surface area contributed by atoms with Crippen molar-refractivity contribution >= 4 is 16.9 Å². The van der Waals surface area contributed by atoms with Crippen molar-refractivity contribution < 1.29 is 9.53 Å². The van der Waals surface area contributed by atoms with E-state index in [1.165, 1.54) is 0 Å². The summed E-state index contributed by atoms with van der Waals surface area (Å²) in [6.07, 6.45) is 1.46. The van der Waals surface area contributed by atoms with Crippen LogP contribution in [0.3, 0.4) is 0 Å². The lowest BCUT2D eigenvalue weighted by Gasteiger charge is -2.33. The average molecular weight is 377 g/mol. The summed E-state index contributed by atoms with van der Waals surface area (Å²) in [4.78, 5) is 32.4. The predicted octanol–water partition coefficient (Wildman–Crippen LogP) is 2.94. The second-order valence-electron chi connectivity index (χ2n) is 7.00. The molecule has 4 rings (SSSR count). The molecule has 1 aromatic carbocycles. The summed E-state index contributed by atoms with van der Waals surface area (Å²) in [5.41, 5.74) is 2.41. The van der Waals surface area contributed by atoms with Gasteiger partial charge in [-0.1, -0.05) is 30.3 Å². The van der Waals surface area contributed by atoms with Crippen molar-refractivity contribution in [3.8, 4) is 0 Å². The molecule has 0 N–H and O–H groups in total. The summed E-state index contributed by atoms with van der Waals surface area (Å²) < 4.78 is 7.72.